The van der Waals surface area contributed by atoms with Gasteiger partial charge in [0.2, 0.25) is 11.1 Å². The largest absolute Gasteiger partial charge is 0.376 e. The lowest BCUT2D eigenvalue weighted by Crippen LogP contribution is -2.24. The minimum atomic E-state index is -0.353. The second-order valence-corrected chi connectivity index (χ2v) is 9.36. The Morgan fingerprint density at radius 3 is 2.83 bits per heavy atom. The molecule has 1 aliphatic heterocycles. The Balaban J connectivity index is 1.39. The fourth-order valence-corrected chi connectivity index (χ4v) is 4.82. The average Bonchev–Trinajstić information content (AvgIpc) is 3.43. The number of nitrogens with one attached hydrogen (secondary N) is 1. The lowest BCUT2D eigenvalue weighted by Gasteiger charge is -2.15. The van der Waals surface area contributed by atoms with E-state index in [2.05, 4.69) is 33.0 Å². The maximum Gasteiger partial charge on any atom is 0.237 e. The van der Waals surface area contributed by atoms with Gasteiger partial charge >= 0.3 is 0 Å². The van der Waals surface area contributed by atoms with E-state index in [9.17, 15) is 4.79 Å². The van der Waals surface area contributed by atoms with Crippen LogP contribution < -0.4 is 5.32 Å². The Morgan fingerprint density at radius 2 is 2.03 bits per heavy atom. The number of rotatable bonds is 8. The first-order chi connectivity index (χ1) is 14.7. The summed E-state index contributed by atoms with van der Waals surface area (Å²) >= 11 is 2.97. The molecule has 2 aromatic carbocycles. The van der Waals surface area contributed by atoms with Gasteiger partial charge < -0.3 is 10.1 Å². The van der Waals surface area contributed by atoms with E-state index in [1.54, 1.807) is 16.4 Å². The number of carbonyl (C=O) groups excluding carboxylic acids is 1. The summed E-state index contributed by atoms with van der Waals surface area (Å²) in [6, 6.07) is 17.9. The van der Waals surface area contributed by atoms with Crippen LogP contribution in [0.5, 0.6) is 0 Å². The first-order valence-electron chi connectivity index (χ1n) is 9.86. The molecule has 1 aliphatic rings. The van der Waals surface area contributed by atoms with E-state index < -0.39 is 0 Å². The molecule has 1 fully saturated rings. The summed E-state index contributed by atoms with van der Waals surface area (Å²) in [5.74, 6) is -0.0900. The van der Waals surface area contributed by atoms with Gasteiger partial charge in [-0.1, -0.05) is 53.9 Å². The van der Waals surface area contributed by atoms with Crippen molar-refractivity contribution in [3.05, 3.63) is 54.6 Å². The van der Waals surface area contributed by atoms with Gasteiger partial charge in [-0.2, -0.15) is 0 Å². The number of hydrogen-bond donors (Lipinski definition) is 1. The molecule has 4 rings (SSSR count). The molecule has 1 amide bonds. The van der Waals surface area contributed by atoms with E-state index in [4.69, 9.17) is 4.74 Å². The standard InChI is InChI=1S/C21H23N5O2S2/c1-15(29-21-23-24-25-26(21)14-16-8-7-13-28-16)20(27)22-18-11-5-6-12-19(18)30-17-9-3-2-4-10-17/h2-6,9-12,15-16H,7-8,13-14H2,1H3,(H,22,27)/t15-,16-/m1/s1. The van der Waals surface area contributed by atoms with Gasteiger partial charge in [0, 0.05) is 16.4 Å². The Kier molecular flexibility index (Phi) is 7.03. The lowest BCUT2D eigenvalue weighted by atomic mass is 10.2. The van der Waals surface area contributed by atoms with Crippen LogP contribution in [-0.4, -0.2) is 44.1 Å². The highest BCUT2D eigenvalue weighted by molar-refractivity contribution is 8.00. The second-order valence-electron chi connectivity index (χ2n) is 6.94. The van der Waals surface area contributed by atoms with Crippen LogP contribution in [0.3, 0.4) is 0 Å². The molecule has 7 nitrogen and oxygen atoms in total. The van der Waals surface area contributed by atoms with Crippen molar-refractivity contribution in [2.75, 3.05) is 11.9 Å². The van der Waals surface area contributed by atoms with Crippen LogP contribution in [0.4, 0.5) is 5.69 Å². The van der Waals surface area contributed by atoms with Crippen molar-refractivity contribution in [1.82, 2.24) is 20.2 Å². The van der Waals surface area contributed by atoms with E-state index in [0.29, 0.717) is 11.7 Å². The van der Waals surface area contributed by atoms with Crippen molar-refractivity contribution in [2.45, 2.75) is 52.6 Å². The molecule has 0 aliphatic carbocycles. The Bertz CT molecular complexity index is 976. The molecule has 156 valence electrons. The number of tetrazole rings is 1. The summed E-state index contributed by atoms with van der Waals surface area (Å²) in [6.45, 7) is 3.26. The molecule has 0 bridgehead atoms. The van der Waals surface area contributed by atoms with E-state index >= 15 is 0 Å². The molecule has 2 heterocycles. The van der Waals surface area contributed by atoms with Crippen molar-refractivity contribution in [3.8, 4) is 0 Å². The van der Waals surface area contributed by atoms with Crippen LogP contribution in [0.15, 0.2) is 69.5 Å². The molecule has 0 radical (unpaired) electrons. The fraction of sp³-hybridized carbons (Fsp3) is 0.333. The molecule has 1 saturated heterocycles. The van der Waals surface area contributed by atoms with Gasteiger partial charge in [-0.25, -0.2) is 4.68 Å². The van der Waals surface area contributed by atoms with E-state index in [1.807, 2.05) is 49.4 Å². The van der Waals surface area contributed by atoms with E-state index in [-0.39, 0.29) is 17.3 Å². The zero-order valence-corrected chi connectivity index (χ0v) is 18.2. The van der Waals surface area contributed by atoms with Gasteiger partial charge in [0.15, 0.2) is 0 Å². The minimum Gasteiger partial charge on any atom is -0.376 e. The lowest BCUT2D eigenvalue weighted by molar-refractivity contribution is -0.115. The zero-order valence-electron chi connectivity index (χ0n) is 16.6. The average molecular weight is 442 g/mol. The Morgan fingerprint density at radius 1 is 1.23 bits per heavy atom. The van der Waals surface area contributed by atoms with E-state index in [0.717, 1.165) is 34.9 Å². The Labute approximate surface area is 184 Å². The topological polar surface area (TPSA) is 81.9 Å². The van der Waals surface area contributed by atoms with Crippen molar-refractivity contribution in [2.24, 2.45) is 0 Å². The number of para-hydroxylation sites is 1. The van der Waals surface area contributed by atoms with Gasteiger partial charge in [-0.3, -0.25) is 4.79 Å². The van der Waals surface area contributed by atoms with E-state index in [1.165, 1.54) is 11.8 Å². The maximum atomic E-state index is 12.9. The molecule has 1 N–H and O–H groups in total. The predicted molar refractivity (Wildman–Crippen MR) is 118 cm³/mol. The SMILES string of the molecule is C[C@@H](Sc1nnnn1C[C@H]1CCCO1)C(=O)Nc1ccccc1Sc1ccccc1. The summed E-state index contributed by atoms with van der Waals surface area (Å²) in [7, 11) is 0. The zero-order chi connectivity index (χ0) is 20.8. The van der Waals surface area contributed by atoms with Crippen LogP contribution in [0, 0.1) is 0 Å². The third-order valence-corrected chi connectivity index (χ3v) is 6.82. The molecule has 9 heteroatoms. The van der Waals surface area contributed by atoms with Crippen LogP contribution in [-0.2, 0) is 16.1 Å². The van der Waals surface area contributed by atoms with Crippen LogP contribution in [0.2, 0.25) is 0 Å². The van der Waals surface area contributed by atoms with Crippen molar-refractivity contribution < 1.29 is 9.53 Å². The molecule has 0 saturated carbocycles. The maximum absolute atomic E-state index is 12.9. The van der Waals surface area contributed by atoms with Gasteiger partial charge in [0.25, 0.3) is 0 Å². The van der Waals surface area contributed by atoms with Crippen molar-refractivity contribution >= 4 is 35.1 Å². The number of anilines is 1. The van der Waals surface area contributed by atoms with Crippen LogP contribution in [0.1, 0.15) is 19.8 Å². The van der Waals surface area contributed by atoms with Crippen molar-refractivity contribution in [3.63, 3.8) is 0 Å². The second kappa shape index (κ2) is 10.1. The van der Waals surface area contributed by atoms with Gasteiger partial charge in [-0.05, 0) is 54.5 Å². The highest BCUT2D eigenvalue weighted by atomic mass is 32.2. The smallest absolute Gasteiger partial charge is 0.237 e. The third-order valence-electron chi connectivity index (χ3n) is 4.67. The van der Waals surface area contributed by atoms with Gasteiger partial charge in [0.1, 0.15) is 0 Å². The van der Waals surface area contributed by atoms with Crippen LogP contribution in [0.25, 0.3) is 0 Å². The third kappa shape index (κ3) is 5.41. The number of hydrogen-bond acceptors (Lipinski definition) is 7. The summed E-state index contributed by atoms with van der Waals surface area (Å²) in [5, 5.41) is 15.2. The predicted octanol–water partition coefficient (Wildman–Crippen LogP) is 4.12. The summed E-state index contributed by atoms with van der Waals surface area (Å²) < 4.78 is 7.39. The summed E-state index contributed by atoms with van der Waals surface area (Å²) in [4.78, 5) is 15.0. The van der Waals surface area contributed by atoms with Crippen LogP contribution >= 0.6 is 23.5 Å². The molecule has 0 unspecified atom stereocenters. The summed E-state index contributed by atoms with van der Waals surface area (Å²) in [5.41, 5.74) is 0.794. The number of benzene rings is 2. The molecule has 3 aromatic rings. The molecule has 30 heavy (non-hydrogen) atoms. The molecular weight excluding hydrogens is 418 g/mol. The minimum absolute atomic E-state index is 0.0900. The number of thioether (sulfide) groups is 1. The number of carbonyl (C=O) groups is 1. The van der Waals surface area contributed by atoms with Gasteiger partial charge in [-0.15, -0.1) is 5.10 Å². The molecule has 1 aromatic heterocycles. The normalized spacial score (nSPS) is 17.0. The fourth-order valence-electron chi connectivity index (χ4n) is 3.10. The quantitative estimate of drug-likeness (QED) is 0.527. The number of nitrogens with zero attached hydrogens (tertiary/aromatic N) is 4. The number of aromatic nitrogens is 4. The molecular formula is C21H23N5O2S2. The Hall–Kier alpha value is -2.36. The number of ether oxygens (including phenoxy) is 1. The first kappa shape index (κ1) is 20.9. The number of amides is 1. The summed E-state index contributed by atoms with van der Waals surface area (Å²) in [6.07, 6.45) is 2.21. The highest BCUT2D eigenvalue weighted by Gasteiger charge is 2.22. The van der Waals surface area contributed by atoms with Gasteiger partial charge in [0.05, 0.1) is 23.6 Å². The van der Waals surface area contributed by atoms with Crippen molar-refractivity contribution in [1.29, 1.82) is 0 Å². The molecule has 2 atom stereocenters. The first-order valence-corrected chi connectivity index (χ1v) is 11.6. The molecule has 0 spiro atoms. The monoisotopic (exact) mass is 441 g/mol. The highest BCUT2D eigenvalue weighted by Crippen LogP contribution is 2.33.